The number of nitrogen functional groups attached to an aromatic ring is 1. The molecule has 2 rings (SSSR count). The first kappa shape index (κ1) is 13.6. The van der Waals surface area contributed by atoms with Gasteiger partial charge in [0, 0.05) is 12.3 Å². The number of anilines is 2. The molecule has 4 N–H and O–H groups in total. The Morgan fingerprint density at radius 3 is 2.79 bits per heavy atom. The number of hydrazine groups is 1. The summed E-state index contributed by atoms with van der Waals surface area (Å²) in [5.74, 6) is 6.69. The van der Waals surface area contributed by atoms with Gasteiger partial charge in [-0.15, -0.1) is 0 Å². The average Bonchev–Trinajstić information content (AvgIpc) is 2.46. The van der Waals surface area contributed by atoms with Gasteiger partial charge >= 0.3 is 0 Å². The van der Waals surface area contributed by atoms with Crippen molar-refractivity contribution < 1.29 is 0 Å². The van der Waals surface area contributed by atoms with Crippen LogP contribution in [-0.4, -0.2) is 21.2 Å². The summed E-state index contributed by atoms with van der Waals surface area (Å²) in [6.45, 7) is 2.64. The normalized spacial score (nSPS) is 10.3. The van der Waals surface area contributed by atoms with Crippen molar-refractivity contribution >= 4 is 23.4 Å². The highest BCUT2D eigenvalue weighted by Crippen LogP contribution is 2.17. The van der Waals surface area contributed by atoms with Crippen LogP contribution in [0.3, 0.4) is 0 Å². The Labute approximate surface area is 116 Å². The van der Waals surface area contributed by atoms with Gasteiger partial charge in [0.1, 0.15) is 11.6 Å². The van der Waals surface area contributed by atoms with Crippen molar-refractivity contribution in [2.24, 2.45) is 5.84 Å². The summed E-state index contributed by atoms with van der Waals surface area (Å²) in [7, 11) is 0. The van der Waals surface area contributed by atoms with Crippen molar-refractivity contribution in [2.45, 2.75) is 18.6 Å². The fourth-order valence-electron chi connectivity index (χ4n) is 1.56. The molecule has 0 atom stereocenters. The summed E-state index contributed by atoms with van der Waals surface area (Å²) in [6.07, 6.45) is 3.70. The molecule has 0 spiro atoms. The minimum atomic E-state index is 0.583. The molecular weight excluding hydrogens is 260 g/mol. The SMILES string of the molecule is CSc1nc(NN)cc(NCc2ncccc2C)n1. The number of hydrogen-bond acceptors (Lipinski definition) is 7. The topological polar surface area (TPSA) is 88.8 Å². The van der Waals surface area contributed by atoms with E-state index in [1.807, 2.05) is 25.3 Å². The van der Waals surface area contributed by atoms with Gasteiger partial charge in [0.05, 0.1) is 12.2 Å². The fraction of sp³-hybridized carbons (Fsp3) is 0.250. The zero-order valence-electron chi connectivity index (χ0n) is 10.8. The molecule has 0 unspecified atom stereocenters. The third kappa shape index (κ3) is 3.55. The third-order valence-electron chi connectivity index (χ3n) is 2.59. The first-order chi connectivity index (χ1) is 9.22. The molecule has 100 valence electrons. The summed E-state index contributed by atoms with van der Waals surface area (Å²) in [5.41, 5.74) is 4.67. The number of nitrogens with two attached hydrogens (primary N) is 1. The Balaban J connectivity index is 2.13. The highest BCUT2D eigenvalue weighted by atomic mass is 32.2. The van der Waals surface area contributed by atoms with Gasteiger partial charge in [0.15, 0.2) is 5.16 Å². The second-order valence-electron chi connectivity index (χ2n) is 3.89. The van der Waals surface area contributed by atoms with Crippen molar-refractivity contribution in [1.29, 1.82) is 0 Å². The molecule has 0 amide bonds. The van der Waals surface area contributed by atoms with E-state index >= 15 is 0 Å². The van der Waals surface area contributed by atoms with Crippen molar-refractivity contribution in [3.63, 3.8) is 0 Å². The third-order valence-corrected chi connectivity index (χ3v) is 3.14. The summed E-state index contributed by atoms with van der Waals surface area (Å²) < 4.78 is 0. The maximum absolute atomic E-state index is 5.38. The number of aromatic nitrogens is 3. The van der Waals surface area contributed by atoms with E-state index in [4.69, 9.17) is 5.84 Å². The Morgan fingerprint density at radius 1 is 1.32 bits per heavy atom. The number of thioether (sulfide) groups is 1. The van der Waals surface area contributed by atoms with E-state index in [1.165, 1.54) is 11.8 Å². The van der Waals surface area contributed by atoms with Gasteiger partial charge < -0.3 is 10.7 Å². The lowest BCUT2D eigenvalue weighted by Gasteiger charge is -2.09. The van der Waals surface area contributed by atoms with Gasteiger partial charge in [-0.05, 0) is 24.8 Å². The Bertz CT molecular complexity index is 537. The first-order valence-electron chi connectivity index (χ1n) is 5.77. The van der Waals surface area contributed by atoms with E-state index in [1.54, 1.807) is 12.3 Å². The monoisotopic (exact) mass is 276 g/mol. The molecule has 0 bridgehead atoms. The predicted octanol–water partition coefficient (Wildman–Crippen LogP) is 1.80. The van der Waals surface area contributed by atoms with E-state index in [9.17, 15) is 0 Å². The maximum Gasteiger partial charge on any atom is 0.191 e. The van der Waals surface area contributed by atoms with Gasteiger partial charge in [0.2, 0.25) is 0 Å². The number of hydrogen-bond donors (Lipinski definition) is 3. The molecule has 2 aromatic rings. The molecule has 0 radical (unpaired) electrons. The predicted molar refractivity (Wildman–Crippen MR) is 77.9 cm³/mol. The summed E-state index contributed by atoms with van der Waals surface area (Å²) in [6, 6.07) is 5.72. The maximum atomic E-state index is 5.38. The minimum absolute atomic E-state index is 0.583. The Kier molecular flexibility index (Phi) is 4.53. The summed E-state index contributed by atoms with van der Waals surface area (Å²) in [5, 5.41) is 3.89. The molecule has 0 aromatic carbocycles. The molecule has 0 saturated heterocycles. The van der Waals surface area contributed by atoms with Crippen LogP contribution in [0.2, 0.25) is 0 Å². The van der Waals surface area contributed by atoms with E-state index in [2.05, 4.69) is 25.7 Å². The van der Waals surface area contributed by atoms with Crippen LogP contribution in [0.1, 0.15) is 11.3 Å². The summed E-state index contributed by atoms with van der Waals surface area (Å²) in [4.78, 5) is 12.9. The zero-order chi connectivity index (χ0) is 13.7. The quantitative estimate of drug-likeness (QED) is 0.332. The van der Waals surface area contributed by atoms with Crippen molar-refractivity contribution in [2.75, 3.05) is 17.0 Å². The molecule has 19 heavy (non-hydrogen) atoms. The number of nitrogens with one attached hydrogen (secondary N) is 2. The van der Waals surface area contributed by atoms with Crippen LogP contribution in [0, 0.1) is 6.92 Å². The van der Waals surface area contributed by atoms with Crippen LogP contribution in [0.15, 0.2) is 29.6 Å². The fourth-order valence-corrected chi connectivity index (χ4v) is 1.94. The molecule has 2 heterocycles. The highest BCUT2D eigenvalue weighted by Gasteiger charge is 2.04. The second kappa shape index (κ2) is 6.35. The zero-order valence-corrected chi connectivity index (χ0v) is 11.7. The standard InChI is InChI=1S/C12H16N6S/c1-8-4-3-5-14-9(8)7-15-10-6-11(18-13)17-12(16-10)19-2/h3-6H,7,13H2,1-2H3,(H2,15,16,17,18). The van der Waals surface area contributed by atoms with Crippen LogP contribution in [0.5, 0.6) is 0 Å². The molecular formula is C12H16N6S. The summed E-state index contributed by atoms with van der Waals surface area (Å²) >= 11 is 1.46. The van der Waals surface area contributed by atoms with Gasteiger partial charge in [-0.3, -0.25) is 4.98 Å². The second-order valence-corrected chi connectivity index (χ2v) is 4.66. The molecule has 0 saturated carbocycles. The molecule has 0 aliphatic carbocycles. The van der Waals surface area contributed by atoms with Crippen molar-refractivity contribution in [3.8, 4) is 0 Å². The number of rotatable bonds is 5. The van der Waals surface area contributed by atoms with E-state index < -0.39 is 0 Å². The number of pyridine rings is 1. The Morgan fingerprint density at radius 2 is 2.11 bits per heavy atom. The van der Waals surface area contributed by atoms with E-state index in [-0.39, 0.29) is 0 Å². The van der Waals surface area contributed by atoms with Crippen molar-refractivity contribution in [3.05, 3.63) is 35.7 Å². The average molecular weight is 276 g/mol. The van der Waals surface area contributed by atoms with Crippen LogP contribution >= 0.6 is 11.8 Å². The lowest BCUT2D eigenvalue weighted by Crippen LogP contribution is -2.11. The highest BCUT2D eigenvalue weighted by molar-refractivity contribution is 7.98. The smallest absolute Gasteiger partial charge is 0.191 e. The minimum Gasteiger partial charge on any atom is -0.364 e. The van der Waals surface area contributed by atoms with E-state index in [0.717, 1.165) is 17.1 Å². The van der Waals surface area contributed by atoms with Gasteiger partial charge in [-0.2, -0.15) is 0 Å². The molecule has 2 aromatic heterocycles. The molecule has 0 aliphatic heterocycles. The molecule has 0 fully saturated rings. The van der Waals surface area contributed by atoms with Crippen LogP contribution in [-0.2, 0) is 6.54 Å². The van der Waals surface area contributed by atoms with Gasteiger partial charge in [-0.25, -0.2) is 15.8 Å². The van der Waals surface area contributed by atoms with Crippen molar-refractivity contribution in [1.82, 2.24) is 15.0 Å². The van der Waals surface area contributed by atoms with Gasteiger partial charge in [-0.1, -0.05) is 17.8 Å². The van der Waals surface area contributed by atoms with Gasteiger partial charge in [0.25, 0.3) is 0 Å². The van der Waals surface area contributed by atoms with E-state index in [0.29, 0.717) is 17.5 Å². The van der Waals surface area contributed by atoms with Crippen LogP contribution < -0.4 is 16.6 Å². The van der Waals surface area contributed by atoms with Crippen LogP contribution in [0.25, 0.3) is 0 Å². The molecule has 6 nitrogen and oxygen atoms in total. The molecule has 7 heteroatoms. The number of aryl methyl sites for hydroxylation is 1. The molecule has 0 aliphatic rings. The first-order valence-corrected chi connectivity index (χ1v) is 6.99. The lowest BCUT2D eigenvalue weighted by atomic mass is 10.2. The largest absolute Gasteiger partial charge is 0.364 e. The number of nitrogens with zero attached hydrogens (tertiary/aromatic N) is 3. The Hall–Kier alpha value is -1.86. The van der Waals surface area contributed by atoms with Crippen LogP contribution in [0.4, 0.5) is 11.6 Å². The lowest BCUT2D eigenvalue weighted by molar-refractivity contribution is 0.939.